The second-order valence-electron chi connectivity index (χ2n) is 9.41. The van der Waals surface area contributed by atoms with Crippen LogP contribution in [-0.2, 0) is 39.7 Å². The molecule has 0 aliphatic carbocycles. The van der Waals surface area contributed by atoms with Gasteiger partial charge in [0.2, 0.25) is 10.0 Å². The lowest BCUT2D eigenvalue weighted by Gasteiger charge is -2.28. The Morgan fingerprint density at radius 1 is 0.939 bits per heavy atom. The van der Waals surface area contributed by atoms with Crippen LogP contribution in [0, 0.1) is 0 Å². The van der Waals surface area contributed by atoms with Crippen LogP contribution >= 0.6 is 0 Å². The number of carbonyl (C=O) groups is 1. The maximum Gasteiger partial charge on any atom is 0.338 e. The molecule has 172 valence electrons. The third kappa shape index (κ3) is 5.18. The molecule has 1 heterocycles. The minimum absolute atomic E-state index is 0.0531. The second kappa shape index (κ2) is 9.12. The van der Waals surface area contributed by atoms with Crippen molar-refractivity contribution in [2.75, 3.05) is 6.54 Å². The molecule has 33 heavy (non-hydrogen) atoms. The van der Waals surface area contributed by atoms with Crippen LogP contribution < -0.4 is 0 Å². The standard InChI is InChI=1S/C27H29NO4S/c1-27(2,3)24-13-11-20(12-14-24)19-32-26(29)22-9-6-10-25(17-22)33(30,31)28-16-15-21-7-4-5-8-23(21)18-28/h4-14,17H,15-16,18-19H2,1-3H3. The smallest absolute Gasteiger partial charge is 0.338 e. The van der Waals surface area contributed by atoms with E-state index in [4.69, 9.17) is 4.74 Å². The second-order valence-corrected chi connectivity index (χ2v) is 11.3. The summed E-state index contributed by atoms with van der Waals surface area (Å²) in [5, 5.41) is 0. The lowest BCUT2D eigenvalue weighted by molar-refractivity contribution is 0.0472. The van der Waals surface area contributed by atoms with Crippen LogP contribution in [0.2, 0.25) is 0 Å². The Morgan fingerprint density at radius 3 is 2.33 bits per heavy atom. The molecule has 0 atom stereocenters. The van der Waals surface area contributed by atoms with Crippen LogP contribution in [0.1, 0.15) is 53.4 Å². The van der Waals surface area contributed by atoms with E-state index in [0.717, 1.165) is 11.1 Å². The van der Waals surface area contributed by atoms with E-state index < -0.39 is 16.0 Å². The van der Waals surface area contributed by atoms with Gasteiger partial charge < -0.3 is 4.74 Å². The van der Waals surface area contributed by atoms with Crippen LogP contribution in [0.5, 0.6) is 0 Å². The zero-order chi connectivity index (χ0) is 23.6. The van der Waals surface area contributed by atoms with Gasteiger partial charge in [0.25, 0.3) is 0 Å². The average Bonchev–Trinajstić information content (AvgIpc) is 2.82. The fourth-order valence-corrected chi connectivity index (χ4v) is 5.41. The van der Waals surface area contributed by atoms with E-state index in [1.54, 1.807) is 12.1 Å². The van der Waals surface area contributed by atoms with Crippen molar-refractivity contribution in [3.05, 3.63) is 101 Å². The Kier molecular flexibility index (Phi) is 6.41. The van der Waals surface area contributed by atoms with Gasteiger partial charge in [0, 0.05) is 13.1 Å². The molecule has 3 aromatic carbocycles. The number of rotatable bonds is 5. The van der Waals surface area contributed by atoms with Crippen molar-refractivity contribution in [2.24, 2.45) is 0 Å². The van der Waals surface area contributed by atoms with Gasteiger partial charge in [0.1, 0.15) is 6.61 Å². The summed E-state index contributed by atoms with van der Waals surface area (Å²) in [5.41, 5.74) is 4.55. The Balaban J connectivity index is 1.45. The molecule has 0 aromatic heterocycles. The first kappa shape index (κ1) is 23.2. The first-order chi connectivity index (χ1) is 15.6. The lowest BCUT2D eigenvalue weighted by atomic mass is 9.87. The number of carbonyl (C=O) groups excluding carboxylic acids is 1. The van der Waals surface area contributed by atoms with E-state index in [2.05, 4.69) is 20.8 Å². The molecule has 0 saturated carbocycles. The molecular formula is C27H29NO4S. The molecule has 0 radical (unpaired) electrons. The first-order valence-electron chi connectivity index (χ1n) is 11.1. The Bertz CT molecular complexity index is 1260. The molecular weight excluding hydrogens is 434 g/mol. The molecule has 0 fully saturated rings. The maximum absolute atomic E-state index is 13.2. The highest BCUT2D eigenvalue weighted by atomic mass is 32.2. The molecule has 5 nitrogen and oxygen atoms in total. The van der Waals surface area contributed by atoms with Gasteiger partial charge in [-0.05, 0) is 52.3 Å². The maximum atomic E-state index is 13.2. The van der Waals surface area contributed by atoms with Gasteiger partial charge in [-0.3, -0.25) is 0 Å². The topological polar surface area (TPSA) is 63.7 Å². The Morgan fingerprint density at radius 2 is 1.64 bits per heavy atom. The predicted octanol–water partition coefficient (Wildman–Crippen LogP) is 5.09. The van der Waals surface area contributed by atoms with Gasteiger partial charge in [0.05, 0.1) is 10.5 Å². The fourth-order valence-electron chi connectivity index (χ4n) is 3.94. The van der Waals surface area contributed by atoms with Crippen molar-refractivity contribution >= 4 is 16.0 Å². The quantitative estimate of drug-likeness (QED) is 0.495. The van der Waals surface area contributed by atoms with E-state index in [9.17, 15) is 13.2 Å². The number of ether oxygens (including phenoxy) is 1. The monoisotopic (exact) mass is 463 g/mol. The average molecular weight is 464 g/mol. The number of hydrogen-bond donors (Lipinski definition) is 0. The van der Waals surface area contributed by atoms with Gasteiger partial charge in [-0.1, -0.05) is 75.4 Å². The van der Waals surface area contributed by atoms with Gasteiger partial charge in [-0.2, -0.15) is 4.31 Å². The largest absolute Gasteiger partial charge is 0.457 e. The molecule has 0 spiro atoms. The van der Waals surface area contributed by atoms with Crippen molar-refractivity contribution in [3.8, 4) is 0 Å². The molecule has 4 rings (SSSR count). The van der Waals surface area contributed by atoms with Crippen molar-refractivity contribution in [2.45, 2.75) is 50.7 Å². The zero-order valence-corrected chi connectivity index (χ0v) is 20.1. The zero-order valence-electron chi connectivity index (χ0n) is 19.2. The molecule has 0 unspecified atom stereocenters. The van der Waals surface area contributed by atoms with E-state index in [1.807, 2.05) is 48.5 Å². The first-order valence-corrected chi connectivity index (χ1v) is 12.5. The third-order valence-electron chi connectivity index (χ3n) is 5.99. The van der Waals surface area contributed by atoms with E-state index in [1.165, 1.54) is 27.6 Å². The van der Waals surface area contributed by atoms with Crippen LogP contribution in [0.15, 0.2) is 77.7 Å². The summed E-state index contributed by atoms with van der Waals surface area (Å²) in [5.74, 6) is -0.545. The molecule has 1 aliphatic heterocycles. The van der Waals surface area contributed by atoms with Crippen LogP contribution in [0.3, 0.4) is 0 Å². The molecule has 0 bridgehead atoms. The summed E-state index contributed by atoms with van der Waals surface area (Å²) in [6.07, 6.45) is 0.672. The molecule has 6 heteroatoms. The summed E-state index contributed by atoms with van der Waals surface area (Å²) in [4.78, 5) is 12.7. The highest BCUT2D eigenvalue weighted by Gasteiger charge is 2.28. The molecule has 0 N–H and O–H groups in total. The number of hydrogen-bond acceptors (Lipinski definition) is 4. The molecule has 3 aromatic rings. The summed E-state index contributed by atoms with van der Waals surface area (Å²) in [6, 6.07) is 21.9. The van der Waals surface area contributed by atoms with E-state index in [-0.39, 0.29) is 22.5 Å². The highest BCUT2D eigenvalue weighted by molar-refractivity contribution is 7.89. The molecule has 1 aliphatic rings. The predicted molar refractivity (Wildman–Crippen MR) is 128 cm³/mol. The minimum atomic E-state index is -3.72. The summed E-state index contributed by atoms with van der Waals surface area (Å²) < 4.78 is 33.4. The lowest BCUT2D eigenvalue weighted by Crippen LogP contribution is -2.36. The van der Waals surface area contributed by atoms with E-state index in [0.29, 0.717) is 19.5 Å². The van der Waals surface area contributed by atoms with Crippen LogP contribution in [-0.4, -0.2) is 25.2 Å². The van der Waals surface area contributed by atoms with Crippen LogP contribution in [0.25, 0.3) is 0 Å². The number of benzene rings is 3. The number of fused-ring (bicyclic) bond motifs is 1. The van der Waals surface area contributed by atoms with Gasteiger partial charge in [-0.25, -0.2) is 13.2 Å². The van der Waals surface area contributed by atoms with Gasteiger partial charge >= 0.3 is 5.97 Å². The number of sulfonamides is 1. The van der Waals surface area contributed by atoms with Crippen molar-refractivity contribution in [3.63, 3.8) is 0 Å². The number of esters is 1. The summed E-state index contributed by atoms with van der Waals surface area (Å²) in [6.45, 7) is 7.31. The summed E-state index contributed by atoms with van der Waals surface area (Å²) in [7, 11) is -3.72. The fraction of sp³-hybridized carbons (Fsp3) is 0.296. The summed E-state index contributed by atoms with van der Waals surface area (Å²) >= 11 is 0. The SMILES string of the molecule is CC(C)(C)c1ccc(COC(=O)c2cccc(S(=O)(=O)N3CCc4ccccc4C3)c2)cc1. The van der Waals surface area contributed by atoms with Gasteiger partial charge in [0.15, 0.2) is 0 Å². The number of nitrogens with zero attached hydrogens (tertiary/aromatic N) is 1. The van der Waals surface area contributed by atoms with Crippen molar-refractivity contribution in [1.29, 1.82) is 0 Å². The molecule has 0 amide bonds. The highest BCUT2D eigenvalue weighted by Crippen LogP contribution is 2.26. The Labute approximate surface area is 196 Å². The normalized spacial score (nSPS) is 14.5. The Hall–Kier alpha value is -2.96. The van der Waals surface area contributed by atoms with E-state index >= 15 is 0 Å². The third-order valence-corrected chi connectivity index (χ3v) is 7.83. The van der Waals surface area contributed by atoms with Crippen molar-refractivity contribution in [1.82, 2.24) is 4.31 Å². The van der Waals surface area contributed by atoms with Crippen LogP contribution in [0.4, 0.5) is 0 Å². The van der Waals surface area contributed by atoms with Gasteiger partial charge in [-0.15, -0.1) is 0 Å². The molecule has 0 saturated heterocycles. The van der Waals surface area contributed by atoms with Crippen molar-refractivity contribution < 1.29 is 17.9 Å². The minimum Gasteiger partial charge on any atom is -0.457 e.